The van der Waals surface area contributed by atoms with Gasteiger partial charge in [0.05, 0.1) is 24.2 Å². The van der Waals surface area contributed by atoms with Gasteiger partial charge in [0.2, 0.25) is 0 Å². The van der Waals surface area contributed by atoms with Crippen molar-refractivity contribution in [2.75, 3.05) is 0 Å². The molecule has 0 radical (unpaired) electrons. The van der Waals surface area contributed by atoms with Crippen LogP contribution in [-0.2, 0) is 11.3 Å². The number of carboxylic acid groups (broad SMARTS) is 1. The molecule has 0 bridgehead atoms. The molecular formula is C12H19N3O3S. The zero-order valence-corrected chi connectivity index (χ0v) is 11.9. The van der Waals surface area contributed by atoms with Gasteiger partial charge in [-0.05, 0) is 13.3 Å². The molecule has 19 heavy (non-hydrogen) atoms. The molecule has 7 heteroatoms. The maximum atomic E-state index is 11.7. The summed E-state index contributed by atoms with van der Waals surface area (Å²) in [6.45, 7) is 4.25. The molecule has 0 saturated carbocycles. The number of hydrogen-bond donors (Lipinski definition) is 3. The Kier molecular flexibility index (Phi) is 6.27. The highest BCUT2D eigenvalue weighted by Crippen LogP contribution is 2.11. The molecule has 1 rings (SSSR count). The molecular weight excluding hydrogens is 266 g/mol. The van der Waals surface area contributed by atoms with Gasteiger partial charge in [0.1, 0.15) is 0 Å². The highest BCUT2D eigenvalue weighted by molar-refractivity contribution is 7.09. The van der Waals surface area contributed by atoms with Crippen molar-refractivity contribution in [2.45, 2.75) is 45.7 Å². The number of aryl methyl sites for hydroxylation is 1. The fourth-order valence-corrected chi connectivity index (χ4v) is 2.39. The molecule has 0 fully saturated rings. The third-order valence-corrected chi connectivity index (χ3v) is 3.58. The molecule has 1 atom stereocenters. The van der Waals surface area contributed by atoms with E-state index in [0.29, 0.717) is 13.0 Å². The summed E-state index contributed by atoms with van der Waals surface area (Å²) in [4.78, 5) is 27.5. The fraction of sp³-hybridized carbons (Fsp3) is 0.583. The molecule has 1 aromatic heterocycles. The van der Waals surface area contributed by atoms with Crippen LogP contribution in [0.5, 0.6) is 0 Å². The van der Waals surface area contributed by atoms with E-state index in [1.54, 1.807) is 5.51 Å². The van der Waals surface area contributed by atoms with Crippen molar-refractivity contribution < 1.29 is 14.7 Å². The Bertz CT molecular complexity index is 434. The Morgan fingerprint density at radius 1 is 1.53 bits per heavy atom. The van der Waals surface area contributed by atoms with Crippen LogP contribution in [0, 0.1) is 6.92 Å². The number of aromatic nitrogens is 1. The van der Waals surface area contributed by atoms with Crippen molar-refractivity contribution >= 4 is 23.3 Å². The summed E-state index contributed by atoms with van der Waals surface area (Å²) in [5, 5.41) is 14.2. The Labute approximate surface area is 116 Å². The predicted octanol–water partition coefficient (Wildman–Crippen LogP) is 1.89. The Morgan fingerprint density at radius 2 is 2.26 bits per heavy atom. The van der Waals surface area contributed by atoms with Crippen molar-refractivity contribution in [3.8, 4) is 0 Å². The van der Waals surface area contributed by atoms with Gasteiger partial charge in [-0.25, -0.2) is 9.78 Å². The third kappa shape index (κ3) is 5.69. The van der Waals surface area contributed by atoms with Gasteiger partial charge in [0, 0.05) is 10.9 Å². The quantitative estimate of drug-likeness (QED) is 0.713. The van der Waals surface area contributed by atoms with Gasteiger partial charge < -0.3 is 15.7 Å². The zero-order valence-electron chi connectivity index (χ0n) is 11.1. The molecule has 1 unspecified atom stereocenters. The SMILES string of the molecule is CCCC(CC(=O)O)NC(=O)NCc1scnc1C. The van der Waals surface area contributed by atoms with Gasteiger partial charge in [-0.1, -0.05) is 13.3 Å². The van der Waals surface area contributed by atoms with E-state index in [4.69, 9.17) is 5.11 Å². The fourth-order valence-electron chi connectivity index (χ4n) is 1.68. The van der Waals surface area contributed by atoms with Gasteiger partial charge in [0.25, 0.3) is 0 Å². The average Bonchev–Trinajstić information content (AvgIpc) is 2.71. The summed E-state index contributed by atoms with van der Waals surface area (Å²) in [5.41, 5.74) is 2.63. The van der Waals surface area contributed by atoms with Crippen LogP contribution in [0.1, 0.15) is 36.8 Å². The Morgan fingerprint density at radius 3 is 2.79 bits per heavy atom. The highest BCUT2D eigenvalue weighted by Gasteiger charge is 2.15. The second kappa shape index (κ2) is 7.73. The average molecular weight is 285 g/mol. The Hall–Kier alpha value is -1.63. The molecule has 1 aromatic rings. The monoisotopic (exact) mass is 285 g/mol. The van der Waals surface area contributed by atoms with Crippen LogP contribution < -0.4 is 10.6 Å². The maximum Gasteiger partial charge on any atom is 0.315 e. The van der Waals surface area contributed by atoms with Crippen molar-refractivity contribution in [2.24, 2.45) is 0 Å². The topological polar surface area (TPSA) is 91.3 Å². The number of aliphatic carboxylic acids is 1. The number of thiazole rings is 1. The highest BCUT2D eigenvalue weighted by atomic mass is 32.1. The number of hydrogen-bond acceptors (Lipinski definition) is 4. The van der Waals surface area contributed by atoms with Crippen LogP contribution in [0.15, 0.2) is 5.51 Å². The van der Waals surface area contributed by atoms with E-state index >= 15 is 0 Å². The van der Waals surface area contributed by atoms with E-state index in [1.165, 1.54) is 11.3 Å². The summed E-state index contributed by atoms with van der Waals surface area (Å²) < 4.78 is 0. The molecule has 0 aliphatic carbocycles. The van der Waals surface area contributed by atoms with Crippen LogP contribution in [0.25, 0.3) is 0 Å². The summed E-state index contributed by atoms with van der Waals surface area (Å²) in [5.74, 6) is -0.906. The van der Waals surface area contributed by atoms with Gasteiger partial charge in [-0.15, -0.1) is 11.3 Å². The smallest absolute Gasteiger partial charge is 0.315 e. The maximum absolute atomic E-state index is 11.7. The first-order valence-electron chi connectivity index (χ1n) is 6.18. The lowest BCUT2D eigenvalue weighted by atomic mass is 10.1. The van der Waals surface area contributed by atoms with Gasteiger partial charge in [-0.3, -0.25) is 4.79 Å². The number of amides is 2. The van der Waals surface area contributed by atoms with E-state index in [-0.39, 0.29) is 18.5 Å². The summed E-state index contributed by atoms with van der Waals surface area (Å²) in [6.07, 6.45) is 1.42. The number of rotatable bonds is 7. The normalized spacial score (nSPS) is 11.9. The first-order valence-corrected chi connectivity index (χ1v) is 7.06. The minimum Gasteiger partial charge on any atom is -0.481 e. The van der Waals surface area contributed by atoms with Crippen molar-refractivity contribution in [1.82, 2.24) is 15.6 Å². The lowest BCUT2D eigenvalue weighted by molar-refractivity contribution is -0.137. The second-order valence-electron chi connectivity index (χ2n) is 4.27. The summed E-state index contributed by atoms with van der Waals surface area (Å²) in [6, 6.07) is -0.669. The Balaban J connectivity index is 2.39. The minimum atomic E-state index is -0.906. The van der Waals surface area contributed by atoms with Crippen molar-refractivity contribution in [3.63, 3.8) is 0 Å². The summed E-state index contributed by atoms with van der Waals surface area (Å²) >= 11 is 1.48. The number of nitrogens with one attached hydrogen (secondary N) is 2. The zero-order chi connectivity index (χ0) is 14.3. The molecule has 106 valence electrons. The van der Waals surface area contributed by atoms with E-state index < -0.39 is 5.97 Å². The van der Waals surface area contributed by atoms with E-state index in [0.717, 1.165) is 17.0 Å². The standard InChI is InChI=1S/C12H19N3O3S/c1-3-4-9(5-11(16)17)15-12(18)13-6-10-8(2)14-7-19-10/h7,9H,3-6H2,1-2H3,(H,16,17)(H2,13,15,18). The second-order valence-corrected chi connectivity index (χ2v) is 5.21. The number of urea groups is 1. The van der Waals surface area contributed by atoms with Gasteiger partial charge in [0.15, 0.2) is 0 Å². The van der Waals surface area contributed by atoms with E-state index in [2.05, 4.69) is 15.6 Å². The van der Waals surface area contributed by atoms with Crippen LogP contribution in [0.3, 0.4) is 0 Å². The largest absolute Gasteiger partial charge is 0.481 e. The minimum absolute atomic E-state index is 0.0547. The molecule has 0 saturated heterocycles. The summed E-state index contributed by atoms with van der Waals surface area (Å²) in [7, 11) is 0. The number of nitrogens with zero attached hydrogens (tertiary/aromatic N) is 1. The van der Waals surface area contributed by atoms with E-state index in [1.807, 2.05) is 13.8 Å². The van der Waals surface area contributed by atoms with Crippen molar-refractivity contribution in [1.29, 1.82) is 0 Å². The number of carbonyl (C=O) groups is 2. The first-order chi connectivity index (χ1) is 9.02. The molecule has 0 aliphatic rings. The lowest BCUT2D eigenvalue weighted by Gasteiger charge is -2.16. The van der Waals surface area contributed by atoms with Crippen LogP contribution in [0.4, 0.5) is 4.79 Å². The molecule has 0 aliphatic heterocycles. The van der Waals surface area contributed by atoms with Crippen molar-refractivity contribution in [3.05, 3.63) is 16.1 Å². The predicted molar refractivity (Wildman–Crippen MR) is 73.2 cm³/mol. The molecule has 3 N–H and O–H groups in total. The van der Waals surface area contributed by atoms with E-state index in [9.17, 15) is 9.59 Å². The van der Waals surface area contributed by atoms with Crippen LogP contribution in [-0.4, -0.2) is 28.1 Å². The molecule has 0 spiro atoms. The third-order valence-electron chi connectivity index (χ3n) is 2.65. The molecule has 0 aromatic carbocycles. The van der Waals surface area contributed by atoms with Gasteiger partial charge in [-0.2, -0.15) is 0 Å². The van der Waals surface area contributed by atoms with Gasteiger partial charge >= 0.3 is 12.0 Å². The lowest BCUT2D eigenvalue weighted by Crippen LogP contribution is -2.42. The molecule has 1 heterocycles. The molecule has 2 amide bonds. The first kappa shape index (κ1) is 15.4. The van der Waals surface area contributed by atoms with Crippen LogP contribution >= 0.6 is 11.3 Å². The molecule has 6 nitrogen and oxygen atoms in total. The number of carboxylic acids is 1. The number of carbonyl (C=O) groups excluding carboxylic acids is 1. The van der Waals surface area contributed by atoms with Crippen LogP contribution in [0.2, 0.25) is 0 Å².